The largest absolute Gasteiger partial charge is 0.497 e. The molecule has 2 unspecified atom stereocenters. The van der Waals surface area contributed by atoms with E-state index in [0.717, 1.165) is 54.1 Å². The van der Waals surface area contributed by atoms with Gasteiger partial charge < -0.3 is 24.6 Å². The molecule has 33 heavy (non-hydrogen) atoms. The minimum absolute atomic E-state index is 0.347. The van der Waals surface area contributed by atoms with Crippen LogP contribution in [-0.4, -0.2) is 47.5 Å². The molecule has 1 spiro atoms. The van der Waals surface area contributed by atoms with Crippen molar-refractivity contribution >= 4 is 0 Å². The van der Waals surface area contributed by atoms with Crippen LogP contribution in [-0.2, 0) is 0 Å². The first-order chi connectivity index (χ1) is 16.0. The standard InChI is InChI=1S/C28H31NO4/c1-32-23-11-12-27-24(17-23)25(30)18-28(33-27)13-15-29(16-14-28)19-26(31)22-9-7-21(8-10-22)20-5-3-2-4-6-20/h2-12,17,25-26,30-31H,13-16,18-19H2,1H3. The second-order valence-corrected chi connectivity index (χ2v) is 9.21. The Balaban J connectivity index is 1.19. The first-order valence-electron chi connectivity index (χ1n) is 11.7. The summed E-state index contributed by atoms with van der Waals surface area (Å²) in [5.74, 6) is 1.48. The summed E-state index contributed by atoms with van der Waals surface area (Å²) in [5.41, 5.74) is 3.71. The van der Waals surface area contributed by atoms with E-state index >= 15 is 0 Å². The van der Waals surface area contributed by atoms with Crippen molar-refractivity contribution in [3.8, 4) is 22.6 Å². The summed E-state index contributed by atoms with van der Waals surface area (Å²) in [4.78, 5) is 2.29. The number of methoxy groups -OCH3 is 1. The molecule has 0 aromatic heterocycles. The maximum atomic E-state index is 10.8. The molecule has 2 atom stereocenters. The van der Waals surface area contributed by atoms with Gasteiger partial charge in [-0.1, -0.05) is 54.6 Å². The Morgan fingerprint density at radius 3 is 2.39 bits per heavy atom. The van der Waals surface area contributed by atoms with E-state index < -0.39 is 12.2 Å². The fourth-order valence-corrected chi connectivity index (χ4v) is 5.07. The fraction of sp³-hybridized carbons (Fsp3) is 0.357. The Bertz CT molecular complexity index is 1070. The fourth-order valence-electron chi connectivity index (χ4n) is 5.07. The van der Waals surface area contributed by atoms with E-state index in [4.69, 9.17) is 9.47 Å². The van der Waals surface area contributed by atoms with Crippen molar-refractivity contribution in [2.24, 2.45) is 0 Å². The van der Waals surface area contributed by atoms with Gasteiger partial charge in [-0.05, 0) is 47.7 Å². The summed E-state index contributed by atoms with van der Waals surface area (Å²) in [6, 6.07) is 24.1. The molecule has 0 radical (unpaired) electrons. The number of ether oxygens (including phenoxy) is 2. The Morgan fingerprint density at radius 2 is 1.70 bits per heavy atom. The zero-order valence-electron chi connectivity index (χ0n) is 19.0. The Kier molecular flexibility index (Phi) is 6.11. The van der Waals surface area contributed by atoms with E-state index in [2.05, 4.69) is 29.2 Å². The van der Waals surface area contributed by atoms with Crippen molar-refractivity contribution in [1.29, 1.82) is 0 Å². The molecule has 2 heterocycles. The monoisotopic (exact) mass is 445 g/mol. The molecule has 3 aromatic rings. The van der Waals surface area contributed by atoms with Gasteiger partial charge in [0.2, 0.25) is 0 Å². The normalized spacial score (nSPS) is 20.6. The average Bonchev–Trinajstić information content (AvgIpc) is 2.86. The number of benzene rings is 3. The van der Waals surface area contributed by atoms with E-state index in [-0.39, 0.29) is 5.60 Å². The number of rotatable bonds is 5. The molecule has 0 aliphatic carbocycles. The summed E-state index contributed by atoms with van der Waals surface area (Å²) in [5, 5.41) is 21.6. The maximum absolute atomic E-state index is 10.8. The number of nitrogens with zero attached hydrogens (tertiary/aromatic N) is 1. The number of piperidine rings is 1. The molecule has 5 heteroatoms. The zero-order valence-corrected chi connectivity index (χ0v) is 19.0. The predicted octanol–water partition coefficient (Wildman–Crippen LogP) is 4.75. The molecule has 2 aliphatic heterocycles. The van der Waals surface area contributed by atoms with Crippen LogP contribution in [0.4, 0.5) is 0 Å². The van der Waals surface area contributed by atoms with Gasteiger partial charge in [0.15, 0.2) is 0 Å². The second kappa shape index (κ2) is 9.18. The number of β-amino-alcohol motifs (C(OH)–C–C–N with tert-alkyl or cyclic N) is 1. The SMILES string of the molecule is COc1ccc2c(c1)C(O)CC1(CCN(CC(O)c3ccc(-c4ccccc4)cc3)CC1)O2. The number of likely N-dealkylation sites (tertiary alicyclic amines) is 1. The smallest absolute Gasteiger partial charge is 0.126 e. The maximum Gasteiger partial charge on any atom is 0.126 e. The van der Waals surface area contributed by atoms with E-state index in [1.54, 1.807) is 7.11 Å². The number of hydrogen-bond acceptors (Lipinski definition) is 5. The second-order valence-electron chi connectivity index (χ2n) is 9.21. The Hall–Kier alpha value is -2.86. The first-order valence-corrected chi connectivity index (χ1v) is 11.7. The third-order valence-electron chi connectivity index (χ3n) is 7.07. The van der Waals surface area contributed by atoms with Crippen LogP contribution in [0.15, 0.2) is 72.8 Å². The van der Waals surface area contributed by atoms with Gasteiger partial charge in [-0.2, -0.15) is 0 Å². The molecule has 3 aromatic carbocycles. The molecule has 1 fully saturated rings. The van der Waals surface area contributed by atoms with Crippen molar-refractivity contribution in [2.75, 3.05) is 26.7 Å². The summed E-state index contributed by atoms with van der Waals surface area (Å²) in [6.45, 7) is 2.26. The lowest BCUT2D eigenvalue weighted by Crippen LogP contribution is -2.51. The van der Waals surface area contributed by atoms with Crippen LogP contribution in [0.3, 0.4) is 0 Å². The zero-order chi connectivity index (χ0) is 22.8. The minimum atomic E-state index is -0.552. The molecule has 2 aliphatic rings. The van der Waals surface area contributed by atoms with E-state index in [1.165, 1.54) is 5.56 Å². The van der Waals surface area contributed by atoms with Gasteiger partial charge in [0.1, 0.15) is 17.1 Å². The third-order valence-corrected chi connectivity index (χ3v) is 7.07. The third kappa shape index (κ3) is 4.62. The predicted molar refractivity (Wildman–Crippen MR) is 128 cm³/mol. The Morgan fingerprint density at radius 1 is 1.00 bits per heavy atom. The van der Waals surface area contributed by atoms with Gasteiger partial charge in [-0.25, -0.2) is 0 Å². The molecule has 172 valence electrons. The molecule has 1 saturated heterocycles. The van der Waals surface area contributed by atoms with Gasteiger partial charge in [0, 0.05) is 31.6 Å². The van der Waals surface area contributed by atoms with Gasteiger partial charge >= 0.3 is 0 Å². The highest BCUT2D eigenvalue weighted by atomic mass is 16.5. The average molecular weight is 446 g/mol. The van der Waals surface area contributed by atoms with Crippen molar-refractivity contribution in [1.82, 2.24) is 4.90 Å². The van der Waals surface area contributed by atoms with E-state index in [1.807, 2.05) is 48.5 Å². The summed E-state index contributed by atoms with van der Waals surface area (Å²) in [7, 11) is 1.63. The van der Waals surface area contributed by atoms with E-state index in [0.29, 0.717) is 13.0 Å². The number of aliphatic hydroxyl groups excluding tert-OH is 2. The van der Waals surface area contributed by atoms with Crippen molar-refractivity contribution in [2.45, 2.75) is 37.1 Å². The Labute approximate surface area is 195 Å². The quantitative estimate of drug-likeness (QED) is 0.594. The topological polar surface area (TPSA) is 62.2 Å². The lowest BCUT2D eigenvalue weighted by atomic mass is 9.81. The van der Waals surface area contributed by atoms with Crippen molar-refractivity contribution < 1.29 is 19.7 Å². The van der Waals surface area contributed by atoms with Crippen LogP contribution in [0.1, 0.15) is 42.6 Å². The number of aliphatic hydroxyl groups is 2. The molecule has 2 N–H and O–H groups in total. The summed E-state index contributed by atoms with van der Waals surface area (Å²) in [6.07, 6.45) is 1.16. The molecular formula is C28H31NO4. The van der Waals surface area contributed by atoms with E-state index in [9.17, 15) is 10.2 Å². The molecular weight excluding hydrogens is 414 g/mol. The van der Waals surface area contributed by atoms with Crippen LogP contribution < -0.4 is 9.47 Å². The first kappa shape index (κ1) is 22.0. The van der Waals surface area contributed by atoms with Gasteiger partial charge in [-0.3, -0.25) is 0 Å². The van der Waals surface area contributed by atoms with Crippen molar-refractivity contribution in [3.63, 3.8) is 0 Å². The van der Waals surface area contributed by atoms with Crippen LogP contribution in [0.2, 0.25) is 0 Å². The van der Waals surface area contributed by atoms with Crippen LogP contribution >= 0.6 is 0 Å². The highest BCUT2D eigenvalue weighted by molar-refractivity contribution is 5.63. The van der Waals surface area contributed by atoms with Gasteiger partial charge in [0.05, 0.1) is 19.3 Å². The summed E-state index contributed by atoms with van der Waals surface area (Å²) < 4.78 is 11.7. The number of hydrogen-bond donors (Lipinski definition) is 2. The lowest BCUT2D eigenvalue weighted by molar-refractivity contribution is -0.0588. The molecule has 0 bridgehead atoms. The summed E-state index contributed by atoms with van der Waals surface area (Å²) >= 11 is 0. The molecule has 0 amide bonds. The molecule has 5 rings (SSSR count). The number of fused-ring (bicyclic) bond motifs is 1. The van der Waals surface area contributed by atoms with Crippen molar-refractivity contribution in [3.05, 3.63) is 83.9 Å². The molecule has 0 saturated carbocycles. The van der Waals surface area contributed by atoms with Crippen LogP contribution in [0, 0.1) is 0 Å². The van der Waals surface area contributed by atoms with Gasteiger partial charge in [0.25, 0.3) is 0 Å². The van der Waals surface area contributed by atoms with Crippen LogP contribution in [0.25, 0.3) is 11.1 Å². The highest BCUT2D eigenvalue weighted by Gasteiger charge is 2.43. The van der Waals surface area contributed by atoms with Gasteiger partial charge in [-0.15, -0.1) is 0 Å². The molecule has 5 nitrogen and oxygen atoms in total. The highest BCUT2D eigenvalue weighted by Crippen LogP contribution is 2.45. The lowest BCUT2D eigenvalue weighted by Gasteiger charge is -2.46. The minimum Gasteiger partial charge on any atom is -0.497 e. The van der Waals surface area contributed by atoms with Crippen LogP contribution in [0.5, 0.6) is 11.5 Å².